The van der Waals surface area contributed by atoms with Crippen LogP contribution in [0.25, 0.3) is 0 Å². The third kappa shape index (κ3) is 2.47. The molecule has 90 valence electrons. The first kappa shape index (κ1) is 11.7. The lowest BCUT2D eigenvalue weighted by Crippen LogP contribution is -2.07. The molecule has 1 aromatic heterocycles. The lowest BCUT2D eigenvalue weighted by atomic mass is 10.1. The number of nitrogens with zero attached hydrogens (tertiary/aromatic N) is 2. The van der Waals surface area contributed by atoms with E-state index in [9.17, 15) is 0 Å². The van der Waals surface area contributed by atoms with Crippen LogP contribution in [-0.2, 0) is 20.2 Å². The molecule has 0 aliphatic carbocycles. The van der Waals surface area contributed by atoms with Gasteiger partial charge in [-0.3, -0.25) is 0 Å². The summed E-state index contributed by atoms with van der Waals surface area (Å²) in [7, 11) is 1.95. The smallest absolute Gasteiger partial charge is 0.146 e. The van der Waals surface area contributed by atoms with E-state index >= 15 is 0 Å². The molecule has 4 nitrogen and oxygen atoms in total. The van der Waals surface area contributed by atoms with E-state index in [1.165, 1.54) is 0 Å². The number of hydrogen-bond acceptors (Lipinski definition) is 3. The second kappa shape index (κ2) is 5.01. The van der Waals surface area contributed by atoms with Gasteiger partial charge in [-0.15, -0.1) is 0 Å². The molecule has 2 aromatic rings. The first-order valence-corrected chi connectivity index (χ1v) is 5.60. The van der Waals surface area contributed by atoms with Gasteiger partial charge in [0.15, 0.2) is 0 Å². The summed E-state index contributed by atoms with van der Waals surface area (Å²) in [5.74, 6) is 1.77. The maximum absolute atomic E-state index is 5.82. The number of para-hydroxylation sites is 1. The number of rotatable bonds is 4. The lowest BCUT2D eigenvalue weighted by Gasteiger charge is -2.12. The zero-order valence-electron chi connectivity index (χ0n) is 10.2. The minimum Gasteiger partial charge on any atom is -0.485 e. The fraction of sp³-hybridized carbons (Fsp3) is 0.308. The molecule has 0 saturated carbocycles. The van der Waals surface area contributed by atoms with E-state index < -0.39 is 0 Å². The van der Waals surface area contributed by atoms with Crippen LogP contribution in [-0.4, -0.2) is 9.55 Å². The number of imidazole rings is 1. The normalized spacial score (nSPS) is 10.5. The third-order valence-corrected chi connectivity index (χ3v) is 2.78. The Morgan fingerprint density at radius 1 is 1.41 bits per heavy atom. The zero-order chi connectivity index (χ0) is 12.3. The van der Waals surface area contributed by atoms with Gasteiger partial charge in [-0.25, -0.2) is 4.98 Å². The van der Waals surface area contributed by atoms with Gasteiger partial charge in [0, 0.05) is 31.5 Å². The first-order chi connectivity index (χ1) is 8.22. The minimum absolute atomic E-state index is 0.460. The Kier molecular flexibility index (Phi) is 3.44. The number of ether oxygens (including phenoxy) is 1. The number of benzene rings is 1. The van der Waals surface area contributed by atoms with E-state index in [-0.39, 0.29) is 0 Å². The largest absolute Gasteiger partial charge is 0.485 e. The van der Waals surface area contributed by atoms with Gasteiger partial charge in [-0.2, -0.15) is 0 Å². The van der Waals surface area contributed by atoms with Crippen LogP contribution in [0, 0.1) is 6.92 Å². The molecule has 0 spiro atoms. The number of aryl methyl sites for hydroxylation is 2. The van der Waals surface area contributed by atoms with Crippen LogP contribution in [0.2, 0.25) is 0 Å². The summed E-state index contributed by atoms with van der Waals surface area (Å²) in [6.07, 6.45) is 3.67. The van der Waals surface area contributed by atoms with Crippen LogP contribution in [0.4, 0.5) is 0 Å². The molecule has 0 unspecified atom stereocenters. The summed E-state index contributed by atoms with van der Waals surface area (Å²) >= 11 is 0. The van der Waals surface area contributed by atoms with Gasteiger partial charge in [0.2, 0.25) is 0 Å². The Hall–Kier alpha value is -1.81. The molecule has 2 rings (SSSR count). The van der Waals surface area contributed by atoms with E-state index in [1.807, 2.05) is 42.9 Å². The fourth-order valence-electron chi connectivity index (χ4n) is 1.75. The summed E-state index contributed by atoms with van der Waals surface area (Å²) in [5.41, 5.74) is 7.82. The van der Waals surface area contributed by atoms with Crippen molar-refractivity contribution in [3.8, 4) is 5.75 Å². The zero-order valence-corrected chi connectivity index (χ0v) is 10.2. The van der Waals surface area contributed by atoms with Gasteiger partial charge in [0.1, 0.15) is 18.2 Å². The molecular weight excluding hydrogens is 214 g/mol. The fourth-order valence-corrected chi connectivity index (χ4v) is 1.75. The molecule has 0 saturated heterocycles. The maximum atomic E-state index is 5.82. The Bertz CT molecular complexity index is 505. The van der Waals surface area contributed by atoms with Crippen molar-refractivity contribution in [1.82, 2.24) is 9.55 Å². The highest BCUT2D eigenvalue weighted by atomic mass is 16.5. The summed E-state index contributed by atoms with van der Waals surface area (Å²) < 4.78 is 7.77. The molecular formula is C13H17N3O. The van der Waals surface area contributed by atoms with Crippen LogP contribution in [0.5, 0.6) is 5.75 Å². The second-order valence-electron chi connectivity index (χ2n) is 4.01. The molecule has 0 bridgehead atoms. The predicted octanol–water partition coefficient (Wildman–Crippen LogP) is 1.77. The molecule has 4 heteroatoms. The number of hydrogen-bond donors (Lipinski definition) is 1. The molecule has 0 aliphatic rings. The highest BCUT2D eigenvalue weighted by Gasteiger charge is 2.07. The monoisotopic (exact) mass is 231 g/mol. The summed E-state index contributed by atoms with van der Waals surface area (Å²) in [5, 5.41) is 0. The highest BCUT2D eigenvalue weighted by molar-refractivity contribution is 5.40. The van der Waals surface area contributed by atoms with Crippen LogP contribution in [0.15, 0.2) is 30.6 Å². The van der Waals surface area contributed by atoms with Crippen LogP contribution in [0.3, 0.4) is 0 Å². The molecule has 1 aromatic carbocycles. The Morgan fingerprint density at radius 3 is 2.88 bits per heavy atom. The average molecular weight is 231 g/mol. The van der Waals surface area contributed by atoms with Gasteiger partial charge in [0.25, 0.3) is 0 Å². The molecule has 2 N–H and O–H groups in total. The first-order valence-electron chi connectivity index (χ1n) is 5.60. The SMILES string of the molecule is Cc1cccc(CN)c1OCc1nccn1C. The molecule has 0 fully saturated rings. The molecule has 0 atom stereocenters. The summed E-state index contributed by atoms with van der Waals surface area (Å²) in [6.45, 7) is 2.96. The predicted molar refractivity (Wildman–Crippen MR) is 66.6 cm³/mol. The van der Waals surface area contributed by atoms with Gasteiger partial charge in [-0.05, 0) is 12.5 Å². The number of aromatic nitrogens is 2. The topological polar surface area (TPSA) is 53.1 Å². The van der Waals surface area contributed by atoms with Gasteiger partial charge >= 0.3 is 0 Å². The van der Waals surface area contributed by atoms with Crippen molar-refractivity contribution in [3.05, 3.63) is 47.5 Å². The maximum Gasteiger partial charge on any atom is 0.146 e. The molecule has 0 radical (unpaired) electrons. The van der Waals surface area contributed by atoms with Crippen LogP contribution in [0.1, 0.15) is 17.0 Å². The third-order valence-electron chi connectivity index (χ3n) is 2.78. The van der Waals surface area contributed by atoms with Crippen molar-refractivity contribution < 1.29 is 4.74 Å². The van der Waals surface area contributed by atoms with E-state index in [4.69, 9.17) is 10.5 Å². The van der Waals surface area contributed by atoms with Crippen molar-refractivity contribution in [2.24, 2.45) is 12.8 Å². The van der Waals surface area contributed by atoms with Gasteiger partial charge < -0.3 is 15.0 Å². The van der Waals surface area contributed by atoms with Crippen molar-refractivity contribution in [3.63, 3.8) is 0 Å². The molecule has 17 heavy (non-hydrogen) atoms. The molecule has 0 amide bonds. The van der Waals surface area contributed by atoms with Crippen LogP contribution < -0.4 is 10.5 Å². The minimum atomic E-state index is 0.460. The highest BCUT2D eigenvalue weighted by Crippen LogP contribution is 2.23. The molecule has 0 aliphatic heterocycles. The quantitative estimate of drug-likeness (QED) is 0.872. The standard InChI is InChI=1S/C13H17N3O/c1-10-4-3-5-11(8-14)13(10)17-9-12-15-6-7-16(12)2/h3-7H,8-9,14H2,1-2H3. The van der Waals surface area contributed by atoms with Gasteiger partial charge in [0.05, 0.1) is 0 Å². The van der Waals surface area contributed by atoms with E-state index in [2.05, 4.69) is 4.98 Å². The van der Waals surface area contributed by atoms with Crippen LogP contribution >= 0.6 is 0 Å². The average Bonchev–Trinajstić information content (AvgIpc) is 2.73. The van der Waals surface area contributed by atoms with E-state index in [1.54, 1.807) is 6.20 Å². The second-order valence-corrected chi connectivity index (χ2v) is 4.01. The Morgan fingerprint density at radius 2 is 2.24 bits per heavy atom. The van der Waals surface area contributed by atoms with Crippen molar-refractivity contribution in [2.45, 2.75) is 20.1 Å². The number of nitrogens with two attached hydrogens (primary N) is 1. The van der Waals surface area contributed by atoms with E-state index in [0.717, 1.165) is 22.7 Å². The van der Waals surface area contributed by atoms with Gasteiger partial charge in [-0.1, -0.05) is 18.2 Å². The van der Waals surface area contributed by atoms with Crippen molar-refractivity contribution in [2.75, 3.05) is 0 Å². The lowest BCUT2D eigenvalue weighted by molar-refractivity contribution is 0.287. The molecule has 1 heterocycles. The van der Waals surface area contributed by atoms with Crippen molar-refractivity contribution in [1.29, 1.82) is 0 Å². The summed E-state index contributed by atoms with van der Waals surface area (Å²) in [4.78, 5) is 4.22. The summed E-state index contributed by atoms with van der Waals surface area (Å²) in [6, 6.07) is 6.00. The Labute approximate surface area is 101 Å². The van der Waals surface area contributed by atoms with Crippen molar-refractivity contribution >= 4 is 0 Å². The Balaban J connectivity index is 2.16. The van der Waals surface area contributed by atoms with E-state index in [0.29, 0.717) is 13.2 Å².